The highest BCUT2D eigenvalue weighted by Gasteiger charge is 2.31. The number of ether oxygens (including phenoxy) is 1. The summed E-state index contributed by atoms with van der Waals surface area (Å²) in [6.07, 6.45) is -0.0656. The van der Waals surface area contributed by atoms with Gasteiger partial charge in [-0.05, 0) is 35.4 Å². The van der Waals surface area contributed by atoms with E-state index in [1.807, 2.05) is 48.5 Å². The zero-order valence-corrected chi connectivity index (χ0v) is 16.2. The zero-order chi connectivity index (χ0) is 17.1. The van der Waals surface area contributed by atoms with Crippen molar-refractivity contribution < 1.29 is 9.53 Å². The van der Waals surface area contributed by atoms with Crippen molar-refractivity contribution in [2.75, 3.05) is 19.7 Å². The number of amides is 1. The molecule has 0 aliphatic carbocycles. The molecule has 3 rings (SSSR count). The van der Waals surface area contributed by atoms with E-state index in [2.05, 4.69) is 36.8 Å². The number of morpholine rings is 1. The molecule has 0 radical (unpaired) electrons. The molecule has 1 fully saturated rings. The van der Waals surface area contributed by atoms with Crippen LogP contribution in [-0.2, 0) is 9.53 Å². The molecule has 2 aromatic rings. The lowest BCUT2D eigenvalue weighted by atomic mass is 10.0. The van der Waals surface area contributed by atoms with Crippen molar-refractivity contribution in [3.63, 3.8) is 0 Å². The average Bonchev–Trinajstić information content (AvgIpc) is 2.57. The first-order valence-corrected chi connectivity index (χ1v) is 9.29. The molecule has 4 nitrogen and oxygen atoms in total. The van der Waals surface area contributed by atoms with Gasteiger partial charge in [0, 0.05) is 22.0 Å². The van der Waals surface area contributed by atoms with E-state index in [-0.39, 0.29) is 12.0 Å². The fourth-order valence-corrected chi connectivity index (χ4v) is 3.51. The number of halogens is 2. The number of nitrogens with two attached hydrogens (primary N) is 1. The SMILES string of the molecule is NC(=O)C(c1ccc(Br)cc1)N1CCOC(c2ccc(Br)cc2)C1. The quantitative estimate of drug-likeness (QED) is 0.765. The van der Waals surface area contributed by atoms with Gasteiger partial charge in [0.25, 0.3) is 0 Å². The molecule has 126 valence electrons. The largest absolute Gasteiger partial charge is 0.371 e. The Morgan fingerprint density at radius 3 is 2.25 bits per heavy atom. The summed E-state index contributed by atoms with van der Waals surface area (Å²) < 4.78 is 7.91. The van der Waals surface area contributed by atoms with E-state index in [1.165, 1.54) is 0 Å². The minimum atomic E-state index is -0.444. The molecule has 1 saturated heterocycles. The lowest BCUT2D eigenvalue weighted by Crippen LogP contribution is -2.45. The summed E-state index contributed by atoms with van der Waals surface area (Å²) >= 11 is 6.86. The summed E-state index contributed by atoms with van der Waals surface area (Å²) in [5.41, 5.74) is 7.71. The van der Waals surface area contributed by atoms with E-state index < -0.39 is 6.04 Å². The number of nitrogens with zero attached hydrogens (tertiary/aromatic N) is 1. The molecular weight excluding hydrogens is 436 g/mol. The highest BCUT2D eigenvalue weighted by molar-refractivity contribution is 9.10. The third kappa shape index (κ3) is 4.06. The van der Waals surface area contributed by atoms with Crippen LogP contribution in [0.4, 0.5) is 0 Å². The van der Waals surface area contributed by atoms with E-state index in [4.69, 9.17) is 10.5 Å². The smallest absolute Gasteiger partial charge is 0.239 e. The van der Waals surface area contributed by atoms with Gasteiger partial charge < -0.3 is 10.5 Å². The normalized spacial score (nSPS) is 19.8. The molecule has 24 heavy (non-hydrogen) atoms. The van der Waals surface area contributed by atoms with E-state index >= 15 is 0 Å². The first kappa shape index (κ1) is 17.6. The van der Waals surface area contributed by atoms with Crippen molar-refractivity contribution in [3.05, 3.63) is 68.6 Å². The summed E-state index contributed by atoms with van der Waals surface area (Å²) in [4.78, 5) is 14.2. The van der Waals surface area contributed by atoms with Crippen LogP contribution in [0.1, 0.15) is 23.3 Å². The maximum absolute atomic E-state index is 12.1. The van der Waals surface area contributed by atoms with Gasteiger partial charge in [-0.1, -0.05) is 56.1 Å². The average molecular weight is 454 g/mol. The Hall–Kier alpha value is -1.21. The summed E-state index contributed by atoms with van der Waals surface area (Å²) in [6, 6.07) is 15.4. The van der Waals surface area contributed by atoms with Crippen LogP contribution in [0.25, 0.3) is 0 Å². The van der Waals surface area contributed by atoms with Gasteiger partial charge in [0.2, 0.25) is 5.91 Å². The topological polar surface area (TPSA) is 55.6 Å². The number of hydrogen-bond donors (Lipinski definition) is 1. The molecule has 0 spiro atoms. The van der Waals surface area contributed by atoms with Crippen molar-refractivity contribution >= 4 is 37.8 Å². The van der Waals surface area contributed by atoms with Gasteiger partial charge in [0.05, 0.1) is 12.7 Å². The predicted molar refractivity (Wildman–Crippen MR) is 100 cm³/mol. The first-order chi connectivity index (χ1) is 11.5. The van der Waals surface area contributed by atoms with Gasteiger partial charge in [-0.15, -0.1) is 0 Å². The van der Waals surface area contributed by atoms with Gasteiger partial charge in [0.15, 0.2) is 0 Å². The highest BCUT2D eigenvalue weighted by Crippen LogP contribution is 2.30. The van der Waals surface area contributed by atoms with Crippen molar-refractivity contribution in [2.45, 2.75) is 12.1 Å². The number of rotatable bonds is 4. The highest BCUT2D eigenvalue weighted by atomic mass is 79.9. The Balaban J connectivity index is 1.82. The van der Waals surface area contributed by atoms with E-state index in [0.29, 0.717) is 19.7 Å². The van der Waals surface area contributed by atoms with Crippen LogP contribution in [0.2, 0.25) is 0 Å². The maximum atomic E-state index is 12.1. The van der Waals surface area contributed by atoms with E-state index in [1.54, 1.807) is 0 Å². The van der Waals surface area contributed by atoms with Crippen LogP contribution in [0, 0.1) is 0 Å². The number of primary amides is 1. The fraction of sp³-hybridized carbons (Fsp3) is 0.278. The zero-order valence-electron chi connectivity index (χ0n) is 13.0. The third-order valence-corrected chi connectivity index (χ3v) is 5.22. The summed E-state index contributed by atoms with van der Waals surface area (Å²) in [7, 11) is 0. The third-order valence-electron chi connectivity index (χ3n) is 4.16. The van der Waals surface area contributed by atoms with Crippen LogP contribution in [0.3, 0.4) is 0 Å². The second-order valence-corrected chi connectivity index (χ2v) is 7.59. The molecule has 2 atom stereocenters. The molecule has 0 saturated carbocycles. The molecule has 0 bridgehead atoms. The Bertz CT molecular complexity index is 704. The molecule has 1 aliphatic heterocycles. The molecule has 0 aromatic heterocycles. The van der Waals surface area contributed by atoms with Crippen LogP contribution in [-0.4, -0.2) is 30.5 Å². The number of benzene rings is 2. The minimum Gasteiger partial charge on any atom is -0.371 e. The molecule has 1 heterocycles. The molecule has 2 N–H and O–H groups in total. The van der Waals surface area contributed by atoms with Gasteiger partial charge in [-0.2, -0.15) is 0 Å². The van der Waals surface area contributed by atoms with Gasteiger partial charge >= 0.3 is 0 Å². The lowest BCUT2D eigenvalue weighted by Gasteiger charge is -2.37. The van der Waals surface area contributed by atoms with Crippen molar-refractivity contribution in [1.29, 1.82) is 0 Å². The minimum absolute atomic E-state index is 0.0656. The fourth-order valence-electron chi connectivity index (χ4n) is 2.98. The predicted octanol–water partition coefficient (Wildman–Crippen LogP) is 3.81. The molecule has 2 aromatic carbocycles. The van der Waals surface area contributed by atoms with E-state index in [9.17, 15) is 4.79 Å². The Morgan fingerprint density at radius 1 is 1.08 bits per heavy atom. The second-order valence-electron chi connectivity index (χ2n) is 5.76. The summed E-state index contributed by atoms with van der Waals surface area (Å²) in [5, 5.41) is 0. The molecule has 6 heteroatoms. The van der Waals surface area contributed by atoms with Crippen LogP contribution >= 0.6 is 31.9 Å². The Kier molecular flexibility index (Phi) is 5.71. The maximum Gasteiger partial charge on any atom is 0.239 e. The molecule has 1 amide bonds. The van der Waals surface area contributed by atoms with E-state index in [0.717, 1.165) is 20.1 Å². The van der Waals surface area contributed by atoms with Gasteiger partial charge in [0.1, 0.15) is 6.04 Å². The van der Waals surface area contributed by atoms with Gasteiger partial charge in [-0.3, -0.25) is 9.69 Å². The van der Waals surface area contributed by atoms with Crippen LogP contribution in [0.5, 0.6) is 0 Å². The monoisotopic (exact) mass is 452 g/mol. The molecule has 1 aliphatic rings. The Labute approximate surface area is 158 Å². The number of carbonyl (C=O) groups is 1. The number of hydrogen-bond acceptors (Lipinski definition) is 3. The van der Waals surface area contributed by atoms with Crippen molar-refractivity contribution in [1.82, 2.24) is 4.90 Å². The lowest BCUT2D eigenvalue weighted by molar-refractivity contribution is -0.127. The second kappa shape index (κ2) is 7.78. The van der Waals surface area contributed by atoms with Crippen molar-refractivity contribution in [2.24, 2.45) is 5.73 Å². The van der Waals surface area contributed by atoms with Crippen LogP contribution < -0.4 is 5.73 Å². The van der Waals surface area contributed by atoms with Gasteiger partial charge in [-0.25, -0.2) is 0 Å². The summed E-state index contributed by atoms with van der Waals surface area (Å²) in [6.45, 7) is 1.88. The van der Waals surface area contributed by atoms with Crippen molar-refractivity contribution in [3.8, 4) is 0 Å². The van der Waals surface area contributed by atoms with Crippen LogP contribution in [0.15, 0.2) is 57.5 Å². The standard InChI is InChI=1S/C18H18Br2N2O2/c19-14-5-1-12(2-6-14)16-11-22(9-10-24-16)17(18(21)23)13-3-7-15(20)8-4-13/h1-8,16-17H,9-11H2,(H2,21,23). The Morgan fingerprint density at radius 2 is 1.67 bits per heavy atom. The first-order valence-electron chi connectivity index (χ1n) is 7.70. The number of carbonyl (C=O) groups excluding carboxylic acids is 1. The molecule has 2 unspecified atom stereocenters. The summed E-state index contributed by atoms with van der Waals surface area (Å²) in [5.74, 6) is -0.339. The molecular formula is C18H18Br2N2O2.